The average molecular weight is 312 g/mol. The van der Waals surface area contributed by atoms with E-state index in [-0.39, 0.29) is 12.1 Å². The summed E-state index contributed by atoms with van der Waals surface area (Å²) in [6.45, 7) is 2.88. The molecule has 6 heteroatoms. The minimum absolute atomic E-state index is 0.0949. The molecule has 1 aromatic heterocycles. The maximum absolute atomic E-state index is 11.4. The second-order valence-electron chi connectivity index (χ2n) is 6.12. The molecular formula is C17H20N4O2. The lowest BCUT2D eigenvalue weighted by atomic mass is 9.97. The van der Waals surface area contributed by atoms with Gasteiger partial charge >= 0.3 is 6.03 Å². The van der Waals surface area contributed by atoms with Crippen LogP contribution in [-0.4, -0.2) is 47.0 Å². The second-order valence-corrected chi connectivity index (χ2v) is 6.12. The smallest absolute Gasteiger partial charge is 0.314 e. The highest BCUT2D eigenvalue weighted by atomic mass is 16.3. The number of carbonyl (C=O) groups excluding carboxylic acids is 1. The summed E-state index contributed by atoms with van der Waals surface area (Å²) in [5.41, 5.74) is 9.06. The van der Waals surface area contributed by atoms with E-state index >= 15 is 0 Å². The van der Waals surface area contributed by atoms with Gasteiger partial charge in [-0.3, -0.25) is 4.90 Å². The SMILES string of the molecule is NC(=O)N1CCN(C2c3ccccc3CCc3ocnc32)CC1. The van der Waals surface area contributed by atoms with Crippen LogP contribution in [0.3, 0.4) is 0 Å². The maximum Gasteiger partial charge on any atom is 0.314 e. The number of hydrogen-bond acceptors (Lipinski definition) is 4. The summed E-state index contributed by atoms with van der Waals surface area (Å²) in [6.07, 6.45) is 3.39. The summed E-state index contributed by atoms with van der Waals surface area (Å²) in [5.74, 6) is 0.975. The van der Waals surface area contributed by atoms with Gasteiger partial charge in [0.15, 0.2) is 6.39 Å². The van der Waals surface area contributed by atoms with Gasteiger partial charge in [0.25, 0.3) is 0 Å². The molecule has 120 valence electrons. The Kier molecular flexibility index (Phi) is 3.53. The molecule has 1 aliphatic heterocycles. The standard InChI is InChI=1S/C17H20N4O2/c18-17(22)21-9-7-20(8-10-21)16-13-4-2-1-3-12(13)5-6-14-15(16)19-11-23-14/h1-4,11,16H,5-10H2,(H2,18,22). The van der Waals surface area contributed by atoms with Crippen LogP contribution in [0.4, 0.5) is 4.79 Å². The van der Waals surface area contributed by atoms with Crippen molar-refractivity contribution >= 4 is 6.03 Å². The number of oxazole rings is 1. The van der Waals surface area contributed by atoms with Crippen LogP contribution in [0.15, 0.2) is 35.1 Å². The summed E-state index contributed by atoms with van der Waals surface area (Å²) >= 11 is 0. The Balaban J connectivity index is 1.70. The summed E-state index contributed by atoms with van der Waals surface area (Å²) in [4.78, 5) is 19.9. The number of rotatable bonds is 1. The molecular weight excluding hydrogens is 292 g/mol. The number of primary amides is 1. The van der Waals surface area contributed by atoms with E-state index in [1.807, 2.05) is 0 Å². The first-order valence-electron chi connectivity index (χ1n) is 8.02. The number of nitrogens with two attached hydrogens (primary N) is 1. The average Bonchev–Trinajstić information content (AvgIpc) is 2.97. The Morgan fingerprint density at radius 1 is 1.17 bits per heavy atom. The monoisotopic (exact) mass is 312 g/mol. The Hall–Kier alpha value is -2.34. The molecule has 1 aliphatic carbocycles. The van der Waals surface area contributed by atoms with Gasteiger partial charge in [0.2, 0.25) is 0 Å². The third-order valence-corrected chi connectivity index (χ3v) is 4.89. The minimum atomic E-state index is -0.340. The van der Waals surface area contributed by atoms with Crippen LogP contribution in [0, 0.1) is 0 Å². The van der Waals surface area contributed by atoms with Crippen molar-refractivity contribution in [2.75, 3.05) is 26.2 Å². The van der Waals surface area contributed by atoms with Gasteiger partial charge in [-0.25, -0.2) is 9.78 Å². The van der Waals surface area contributed by atoms with Crippen LogP contribution in [-0.2, 0) is 12.8 Å². The van der Waals surface area contributed by atoms with Gasteiger partial charge in [-0.05, 0) is 17.5 Å². The van der Waals surface area contributed by atoms with Crippen LogP contribution in [0.25, 0.3) is 0 Å². The van der Waals surface area contributed by atoms with Crippen molar-refractivity contribution in [1.29, 1.82) is 0 Å². The molecule has 6 nitrogen and oxygen atoms in total. The molecule has 2 aromatic rings. The van der Waals surface area contributed by atoms with Gasteiger partial charge in [-0.1, -0.05) is 24.3 Å². The van der Waals surface area contributed by atoms with Crippen LogP contribution in [0.5, 0.6) is 0 Å². The first-order valence-corrected chi connectivity index (χ1v) is 8.02. The van der Waals surface area contributed by atoms with Gasteiger partial charge in [0, 0.05) is 32.6 Å². The fourth-order valence-corrected chi connectivity index (χ4v) is 3.68. The Morgan fingerprint density at radius 2 is 1.96 bits per heavy atom. The topological polar surface area (TPSA) is 75.6 Å². The van der Waals surface area contributed by atoms with Crippen LogP contribution >= 0.6 is 0 Å². The molecule has 2 N–H and O–H groups in total. The molecule has 1 unspecified atom stereocenters. The number of aryl methyl sites for hydroxylation is 2. The van der Waals surface area contributed by atoms with Gasteiger partial charge in [-0.2, -0.15) is 0 Å². The van der Waals surface area contributed by atoms with E-state index in [2.05, 4.69) is 34.1 Å². The lowest BCUT2D eigenvalue weighted by molar-refractivity contribution is 0.123. The number of fused-ring (bicyclic) bond motifs is 2. The predicted octanol–water partition coefficient (Wildman–Crippen LogP) is 1.56. The predicted molar refractivity (Wildman–Crippen MR) is 84.9 cm³/mol. The number of aromatic nitrogens is 1. The van der Waals surface area contributed by atoms with Gasteiger partial charge in [0.05, 0.1) is 6.04 Å². The summed E-state index contributed by atoms with van der Waals surface area (Å²) in [5, 5.41) is 0. The Morgan fingerprint density at radius 3 is 2.74 bits per heavy atom. The Labute approximate surface area is 134 Å². The van der Waals surface area contributed by atoms with E-state index in [1.54, 1.807) is 11.3 Å². The van der Waals surface area contributed by atoms with E-state index < -0.39 is 0 Å². The molecule has 23 heavy (non-hydrogen) atoms. The number of piperazine rings is 1. The molecule has 2 heterocycles. The normalized spacial score (nSPS) is 21.4. The number of hydrogen-bond donors (Lipinski definition) is 1. The largest absolute Gasteiger partial charge is 0.448 e. The van der Waals surface area contributed by atoms with Crippen molar-refractivity contribution in [2.24, 2.45) is 5.73 Å². The van der Waals surface area contributed by atoms with Crippen LogP contribution in [0.2, 0.25) is 0 Å². The van der Waals surface area contributed by atoms with Crippen LogP contribution < -0.4 is 5.73 Å². The highest BCUT2D eigenvalue weighted by Gasteiger charge is 2.33. The summed E-state index contributed by atoms with van der Waals surface area (Å²) in [7, 11) is 0. The zero-order valence-electron chi connectivity index (χ0n) is 12.9. The van der Waals surface area contributed by atoms with Crippen molar-refractivity contribution in [2.45, 2.75) is 18.9 Å². The molecule has 1 saturated heterocycles. The number of urea groups is 1. The fourth-order valence-electron chi connectivity index (χ4n) is 3.68. The number of carbonyl (C=O) groups is 1. The van der Waals surface area contributed by atoms with Crippen molar-refractivity contribution in [1.82, 2.24) is 14.8 Å². The molecule has 1 atom stereocenters. The van der Waals surface area contributed by atoms with Crippen molar-refractivity contribution < 1.29 is 9.21 Å². The molecule has 4 rings (SSSR count). The first-order chi connectivity index (χ1) is 11.2. The van der Waals surface area contributed by atoms with E-state index in [1.165, 1.54) is 11.1 Å². The second kappa shape index (κ2) is 5.70. The highest BCUT2D eigenvalue weighted by Crippen LogP contribution is 2.36. The number of amides is 2. The van der Waals surface area contributed by atoms with E-state index in [0.29, 0.717) is 13.1 Å². The quantitative estimate of drug-likeness (QED) is 0.867. The van der Waals surface area contributed by atoms with E-state index in [4.69, 9.17) is 10.2 Å². The van der Waals surface area contributed by atoms with Gasteiger partial charge < -0.3 is 15.1 Å². The van der Waals surface area contributed by atoms with E-state index in [0.717, 1.165) is 37.4 Å². The number of benzene rings is 1. The third-order valence-electron chi connectivity index (χ3n) is 4.89. The minimum Gasteiger partial charge on any atom is -0.448 e. The Bertz CT molecular complexity index is 719. The highest BCUT2D eigenvalue weighted by molar-refractivity contribution is 5.72. The molecule has 0 spiro atoms. The number of nitrogens with zero attached hydrogens (tertiary/aromatic N) is 3. The zero-order chi connectivity index (χ0) is 15.8. The zero-order valence-corrected chi connectivity index (χ0v) is 12.9. The maximum atomic E-state index is 11.4. The summed E-state index contributed by atoms with van der Waals surface area (Å²) < 4.78 is 5.63. The molecule has 1 aromatic carbocycles. The van der Waals surface area contributed by atoms with Gasteiger partial charge in [-0.15, -0.1) is 0 Å². The molecule has 0 bridgehead atoms. The van der Waals surface area contributed by atoms with Gasteiger partial charge in [0.1, 0.15) is 11.5 Å². The summed E-state index contributed by atoms with van der Waals surface area (Å²) in [6, 6.07) is 8.29. The lowest BCUT2D eigenvalue weighted by Crippen LogP contribution is -2.51. The molecule has 1 fully saturated rings. The van der Waals surface area contributed by atoms with Crippen LogP contribution in [0.1, 0.15) is 28.6 Å². The molecule has 2 amide bonds. The first kappa shape index (κ1) is 14.3. The van der Waals surface area contributed by atoms with Crippen molar-refractivity contribution in [3.8, 4) is 0 Å². The van der Waals surface area contributed by atoms with Crippen molar-refractivity contribution in [3.05, 3.63) is 53.2 Å². The van der Waals surface area contributed by atoms with E-state index in [9.17, 15) is 4.79 Å². The van der Waals surface area contributed by atoms with Crippen molar-refractivity contribution in [3.63, 3.8) is 0 Å². The lowest BCUT2D eigenvalue weighted by Gasteiger charge is -2.38. The molecule has 2 aliphatic rings. The fraction of sp³-hybridized carbons (Fsp3) is 0.412. The third kappa shape index (κ3) is 2.49. The molecule has 0 saturated carbocycles. The molecule has 0 radical (unpaired) electrons.